The molecule has 0 unspecified atom stereocenters. The van der Waals surface area contributed by atoms with E-state index in [4.69, 9.17) is 0 Å². The van der Waals surface area contributed by atoms with Crippen molar-refractivity contribution < 1.29 is 4.79 Å². The zero-order chi connectivity index (χ0) is 13.9. The van der Waals surface area contributed by atoms with Gasteiger partial charge in [-0.05, 0) is 48.7 Å². The van der Waals surface area contributed by atoms with E-state index in [0.29, 0.717) is 5.69 Å². The van der Waals surface area contributed by atoms with Gasteiger partial charge in [-0.25, -0.2) is 0 Å². The monoisotopic (exact) mass is 267 g/mol. The van der Waals surface area contributed by atoms with Gasteiger partial charge in [0.05, 0.1) is 0 Å². The minimum atomic E-state index is -0.143. The van der Waals surface area contributed by atoms with E-state index in [-0.39, 0.29) is 5.91 Å². The number of hydrogen-bond acceptors (Lipinski definition) is 3. The molecule has 2 heterocycles. The summed E-state index contributed by atoms with van der Waals surface area (Å²) in [5, 5.41) is 6.34. The number of nitrogens with one attached hydrogen (secondary N) is 2. The molecule has 0 saturated heterocycles. The fourth-order valence-corrected chi connectivity index (χ4v) is 2.55. The van der Waals surface area contributed by atoms with Gasteiger partial charge in [0.25, 0.3) is 5.91 Å². The van der Waals surface area contributed by atoms with E-state index < -0.39 is 0 Å². The molecule has 1 aromatic carbocycles. The summed E-state index contributed by atoms with van der Waals surface area (Å²) in [6, 6.07) is 9.77. The fraction of sp³-hybridized carbons (Fsp3) is 0.250. The molecule has 1 aromatic heterocycles. The lowest BCUT2D eigenvalue weighted by molar-refractivity contribution is 0.102. The van der Waals surface area contributed by atoms with Crippen LogP contribution < -0.4 is 10.6 Å². The van der Waals surface area contributed by atoms with Crippen molar-refractivity contribution in [2.75, 3.05) is 11.9 Å². The molecule has 0 bridgehead atoms. The highest BCUT2D eigenvalue weighted by atomic mass is 16.1. The molecule has 0 spiro atoms. The first-order chi connectivity index (χ1) is 9.75. The zero-order valence-electron chi connectivity index (χ0n) is 11.4. The topological polar surface area (TPSA) is 54.0 Å². The standard InChI is InChI=1S/C16H17N3O/c1-11-4-3-8-18-15(11)16(20)19-14-6-2-5-12-10-17-9-7-13(12)14/h2-6,8,17H,7,9-10H2,1H3,(H,19,20). The predicted octanol–water partition coefficient (Wildman–Crippen LogP) is 2.29. The summed E-state index contributed by atoms with van der Waals surface area (Å²) in [4.78, 5) is 16.5. The third kappa shape index (κ3) is 2.42. The van der Waals surface area contributed by atoms with Crippen LogP contribution in [0.2, 0.25) is 0 Å². The number of pyridine rings is 1. The molecule has 2 aromatic rings. The molecular weight excluding hydrogens is 250 g/mol. The van der Waals surface area contributed by atoms with Gasteiger partial charge in [-0.15, -0.1) is 0 Å². The summed E-state index contributed by atoms with van der Waals surface area (Å²) < 4.78 is 0. The Bertz CT molecular complexity index is 652. The average molecular weight is 267 g/mol. The smallest absolute Gasteiger partial charge is 0.274 e. The Morgan fingerprint density at radius 1 is 1.30 bits per heavy atom. The number of benzene rings is 1. The highest BCUT2D eigenvalue weighted by molar-refractivity contribution is 6.04. The first kappa shape index (κ1) is 12.8. The minimum Gasteiger partial charge on any atom is -0.320 e. The van der Waals surface area contributed by atoms with E-state index >= 15 is 0 Å². The molecule has 4 nitrogen and oxygen atoms in total. The Morgan fingerprint density at radius 2 is 2.20 bits per heavy atom. The lowest BCUT2D eigenvalue weighted by Crippen LogP contribution is -2.25. The third-order valence-electron chi connectivity index (χ3n) is 3.61. The molecule has 0 atom stereocenters. The van der Waals surface area contributed by atoms with Gasteiger partial charge in [0.15, 0.2) is 0 Å². The number of aromatic nitrogens is 1. The van der Waals surface area contributed by atoms with Crippen molar-refractivity contribution in [3.63, 3.8) is 0 Å². The molecule has 1 amide bonds. The maximum Gasteiger partial charge on any atom is 0.274 e. The van der Waals surface area contributed by atoms with Gasteiger partial charge >= 0.3 is 0 Å². The van der Waals surface area contributed by atoms with Crippen LogP contribution in [0.15, 0.2) is 36.5 Å². The molecule has 1 aliphatic heterocycles. The van der Waals surface area contributed by atoms with Gasteiger partial charge in [-0.1, -0.05) is 18.2 Å². The third-order valence-corrected chi connectivity index (χ3v) is 3.61. The van der Waals surface area contributed by atoms with Crippen molar-refractivity contribution >= 4 is 11.6 Å². The minimum absolute atomic E-state index is 0.143. The highest BCUT2D eigenvalue weighted by Crippen LogP contribution is 2.23. The van der Waals surface area contributed by atoms with Crippen molar-refractivity contribution in [3.05, 3.63) is 58.9 Å². The predicted molar refractivity (Wildman–Crippen MR) is 78.8 cm³/mol. The van der Waals surface area contributed by atoms with E-state index in [1.54, 1.807) is 6.20 Å². The molecular formula is C16H17N3O. The van der Waals surface area contributed by atoms with Gasteiger partial charge < -0.3 is 10.6 Å². The van der Waals surface area contributed by atoms with Crippen molar-refractivity contribution in [2.24, 2.45) is 0 Å². The van der Waals surface area contributed by atoms with E-state index in [2.05, 4.69) is 21.7 Å². The summed E-state index contributed by atoms with van der Waals surface area (Å²) in [7, 11) is 0. The van der Waals surface area contributed by atoms with Crippen LogP contribution in [0.1, 0.15) is 27.2 Å². The normalized spacial score (nSPS) is 13.7. The SMILES string of the molecule is Cc1cccnc1C(=O)Nc1cccc2c1CCNC2. The molecule has 102 valence electrons. The van der Waals surface area contributed by atoms with Gasteiger partial charge in [0, 0.05) is 18.4 Å². The lowest BCUT2D eigenvalue weighted by atomic mass is 9.99. The summed E-state index contributed by atoms with van der Waals surface area (Å²) in [5.74, 6) is -0.143. The fourth-order valence-electron chi connectivity index (χ4n) is 2.55. The first-order valence-electron chi connectivity index (χ1n) is 6.80. The first-order valence-corrected chi connectivity index (χ1v) is 6.80. The Balaban J connectivity index is 1.89. The van der Waals surface area contributed by atoms with Gasteiger partial charge in [0.2, 0.25) is 0 Å². The van der Waals surface area contributed by atoms with Gasteiger partial charge in [-0.3, -0.25) is 9.78 Å². The van der Waals surface area contributed by atoms with Crippen LogP contribution >= 0.6 is 0 Å². The Kier molecular flexibility index (Phi) is 3.48. The second kappa shape index (κ2) is 5.43. The Hall–Kier alpha value is -2.20. The molecule has 0 radical (unpaired) electrons. The number of carbonyl (C=O) groups is 1. The van der Waals surface area contributed by atoms with E-state index in [0.717, 1.165) is 30.8 Å². The second-order valence-corrected chi connectivity index (χ2v) is 4.99. The van der Waals surface area contributed by atoms with Crippen LogP contribution in [0.3, 0.4) is 0 Å². The Labute approximate surface area is 118 Å². The van der Waals surface area contributed by atoms with Crippen molar-refractivity contribution in [2.45, 2.75) is 19.9 Å². The van der Waals surface area contributed by atoms with Gasteiger partial charge in [-0.2, -0.15) is 0 Å². The molecule has 2 N–H and O–H groups in total. The second-order valence-electron chi connectivity index (χ2n) is 4.99. The lowest BCUT2D eigenvalue weighted by Gasteiger charge is -2.20. The summed E-state index contributed by atoms with van der Waals surface area (Å²) in [6.45, 7) is 3.70. The molecule has 20 heavy (non-hydrogen) atoms. The summed E-state index contributed by atoms with van der Waals surface area (Å²) >= 11 is 0. The number of fused-ring (bicyclic) bond motifs is 1. The van der Waals surface area contributed by atoms with Crippen LogP contribution in [0.25, 0.3) is 0 Å². The van der Waals surface area contributed by atoms with Crippen molar-refractivity contribution in [1.82, 2.24) is 10.3 Å². The number of hydrogen-bond donors (Lipinski definition) is 2. The Morgan fingerprint density at radius 3 is 3.05 bits per heavy atom. The quantitative estimate of drug-likeness (QED) is 0.877. The molecule has 3 rings (SSSR count). The molecule has 0 saturated carbocycles. The van der Waals surface area contributed by atoms with Crippen LogP contribution in [-0.2, 0) is 13.0 Å². The number of amides is 1. The maximum atomic E-state index is 12.3. The highest BCUT2D eigenvalue weighted by Gasteiger charge is 2.16. The van der Waals surface area contributed by atoms with Gasteiger partial charge in [0.1, 0.15) is 5.69 Å². The molecule has 1 aliphatic rings. The van der Waals surface area contributed by atoms with E-state index in [1.165, 1.54) is 11.1 Å². The summed E-state index contributed by atoms with van der Waals surface area (Å²) in [6.07, 6.45) is 2.58. The molecule has 4 heteroatoms. The number of carbonyl (C=O) groups excluding carboxylic acids is 1. The molecule has 0 aliphatic carbocycles. The average Bonchev–Trinajstić information content (AvgIpc) is 2.48. The number of anilines is 1. The van der Waals surface area contributed by atoms with Crippen molar-refractivity contribution in [1.29, 1.82) is 0 Å². The number of nitrogens with zero attached hydrogens (tertiary/aromatic N) is 1. The molecule has 0 fully saturated rings. The zero-order valence-corrected chi connectivity index (χ0v) is 11.4. The maximum absolute atomic E-state index is 12.3. The van der Waals surface area contributed by atoms with Crippen LogP contribution in [0.5, 0.6) is 0 Å². The van der Waals surface area contributed by atoms with E-state index in [1.807, 2.05) is 31.2 Å². The van der Waals surface area contributed by atoms with Crippen molar-refractivity contribution in [3.8, 4) is 0 Å². The van der Waals surface area contributed by atoms with E-state index in [9.17, 15) is 4.79 Å². The largest absolute Gasteiger partial charge is 0.320 e. The number of aryl methyl sites for hydroxylation is 1. The van der Waals surface area contributed by atoms with Crippen LogP contribution in [0, 0.1) is 6.92 Å². The number of rotatable bonds is 2. The summed E-state index contributed by atoms with van der Waals surface area (Å²) in [5.41, 5.74) is 4.76. The van der Waals surface area contributed by atoms with Crippen LogP contribution in [0.4, 0.5) is 5.69 Å². The van der Waals surface area contributed by atoms with Crippen LogP contribution in [-0.4, -0.2) is 17.4 Å².